The highest BCUT2D eigenvalue weighted by atomic mass is 16.6. The number of ketones is 1. The molecule has 7 heteroatoms. The summed E-state index contributed by atoms with van der Waals surface area (Å²) in [5.74, 6) is -0.193. The van der Waals surface area contributed by atoms with Gasteiger partial charge in [-0.2, -0.15) is 0 Å². The molecule has 0 N–H and O–H groups in total. The lowest BCUT2D eigenvalue weighted by Crippen LogP contribution is -2.00. The lowest BCUT2D eigenvalue weighted by Gasteiger charge is -1.99. The molecule has 0 aliphatic carbocycles. The van der Waals surface area contributed by atoms with Crippen LogP contribution >= 0.6 is 0 Å². The van der Waals surface area contributed by atoms with Crippen LogP contribution < -0.4 is 0 Å². The van der Waals surface area contributed by atoms with E-state index in [2.05, 4.69) is 10.0 Å². The monoisotopic (exact) mass is 234 g/mol. The Morgan fingerprint density at radius 2 is 2.29 bits per heavy atom. The fourth-order valence-corrected chi connectivity index (χ4v) is 1.29. The van der Waals surface area contributed by atoms with Gasteiger partial charge in [-0.15, -0.1) is 0 Å². The summed E-state index contributed by atoms with van der Waals surface area (Å²) in [4.78, 5) is 24.2. The zero-order valence-corrected chi connectivity index (χ0v) is 8.94. The molecule has 7 nitrogen and oxygen atoms in total. The maximum Gasteiger partial charge on any atom is 0.270 e. The summed E-state index contributed by atoms with van der Waals surface area (Å²) in [5.41, 5.74) is 8.24. The molecule has 0 aliphatic rings. The van der Waals surface area contributed by atoms with Crippen molar-refractivity contribution in [3.05, 3.63) is 50.4 Å². The van der Waals surface area contributed by atoms with Gasteiger partial charge < -0.3 is 0 Å². The molecule has 0 spiro atoms. The van der Waals surface area contributed by atoms with Gasteiger partial charge in [0.1, 0.15) is 0 Å². The molecule has 1 aromatic rings. The van der Waals surface area contributed by atoms with Crippen LogP contribution in [0.4, 0.5) is 5.69 Å². The standard InChI is InChI=1S/C10H10N4O3/c11-13-12-6-2-5-10(15)8-3-1-4-9(7-8)14(16)17/h1,3-4,7H,2,5-6H2. The maximum atomic E-state index is 11.6. The fourth-order valence-electron chi connectivity index (χ4n) is 1.29. The zero-order chi connectivity index (χ0) is 12.7. The normalized spacial score (nSPS) is 9.41. The van der Waals surface area contributed by atoms with Crippen molar-refractivity contribution in [2.75, 3.05) is 6.54 Å². The van der Waals surface area contributed by atoms with Crippen molar-refractivity contribution < 1.29 is 9.72 Å². The number of carbonyl (C=O) groups is 1. The van der Waals surface area contributed by atoms with Gasteiger partial charge in [0.25, 0.3) is 5.69 Å². The number of rotatable bonds is 6. The van der Waals surface area contributed by atoms with Crippen molar-refractivity contribution in [1.29, 1.82) is 0 Å². The quantitative estimate of drug-likeness (QED) is 0.143. The molecule has 0 heterocycles. The molecule has 0 saturated heterocycles. The van der Waals surface area contributed by atoms with Crippen molar-refractivity contribution in [2.45, 2.75) is 12.8 Å². The minimum absolute atomic E-state index is 0.106. The van der Waals surface area contributed by atoms with E-state index < -0.39 is 4.92 Å². The fraction of sp³-hybridized carbons (Fsp3) is 0.300. The first kappa shape index (κ1) is 12.7. The van der Waals surface area contributed by atoms with E-state index in [1.165, 1.54) is 24.3 Å². The number of nitrogens with zero attached hydrogens (tertiary/aromatic N) is 4. The average Bonchev–Trinajstić information content (AvgIpc) is 2.34. The number of hydrogen-bond acceptors (Lipinski definition) is 4. The van der Waals surface area contributed by atoms with Gasteiger partial charge in [0.15, 0.2) is 5.78 Å². The van der Waals surface area contributed by atoms with E-state index >= 15 is 0 Å². The summed E-state index contributed by atoms with van der Waals surface area (Å²) < 4.78 is 0. The number of hydrogen-bond donors (Lipinski definition) is 0. The highest BCUT2D eigenvalue weighted by molar-refractivity contribution is 5.96. The summed E-state index contributed by atoms with van der Waals surface area (Å²) in [6.07, 6.45) is 0.645. The van der Waals surface area contributed by atoms with Gasteiger partial charge in [-0.3, -0.25) is 14.9 Å². The molecule has 0 aliphatic heterocycles. The maximum absolute atomic E-state index is 11.6. The first-order chi connectivity index (χ1) is 8.15. The van der Waals surface area contributed by atoms with E-state index in [-0.39, 0.29) is 24.4 Å². The molecule has 0 atom stereocenters. The summed E-state index contributed by atoms with van der Waals surface area (Å²) >= 11 is 0. The number of carbonyl (C=O) groups excluding carboxylic acids is 1. The van der Waals surface area contributed by atoms with Crippen molar-refractivity contribution in [3.8, 4) is 0 Å². The van der Waals surface area contributed by atoms with E-state index in [0.717, 1.165) is 0 Å². The second-order valence-electron chi connectivity index (χ2n) is 3.29. The summed E-state index contributed by atoms with van der Waals surface area (Å²) in [7, 11) is 0. The molecular formula is C10H10N4O3. The van der Waals surface area contributed by atoms with Crippen LogP contribution in [0.2, 0.25) is 0 Å². The molecule has 17 heavy (non-hydrogen) atoms. The van der Waals surface area contributed by atoms with Crippen LogP contribution in [-0.4, -0.2) is 17.3 Å². The van der Waals surface area contributed by atoms with Gasteiger partial charge >= 0.3 is 0 Å². The van der Waals surface area contributed by atoms with E-state index in [0.29, 0.717) is 12.0 Å². The number of non-ortho nitro benzene ring substituents is 1. The molecule has 0 aromatic heterocycles. The van der Waals surface area contributed by atoms with Gasteiger partial charge in [0, 0.05) is 35.6 Å². The number of nitro benzene ring substituents is 1. The van der Waals surface area contributed by atoms with E-state index in [9.17, 15) is 14.9 Å². The molecule has 0 amide bonds. The third kappa shape index (κ3) is 3.92. The summed E-state index contributed by atoms with van der Waals surface area (Å²) in [6, 6.07) is 5.58. The van der Waals surface area contributed by atoms with Gasteiger partial charge in [0.05, 0.1) is 4.92 Å². The highest BCUT2D eigenvalue weighted by Gasteiger charge is 2.10. The van der Waals surface area contributed by atoms with Crippen LogP contribution in [0.5, 0.6) is 0 Å². The molecule has 0 radical (unpaired) electrons. The molecule has 1 rings (SSSR count). The number of Topliss-reactive ketones (excluding diaryl/α,β-unsaturated/α-hetero) is 1. The van der Waals surface area contributed by atoms with Crippen molar-refractivity contribution in [3.63, 3.8) is 0 Å². The Morgan fingerprint density at radius 1 is 1.53 bits per heavy atom. The zero-order valence-electron chi connectivity index (χ0n) is 8.94. The van der Waals surface area contributed by atoms with Crippen LogP contribution in [0.15, 0.2) is 29.4 Å². The van der Waals surface area contributed by atoms with Crippen LogP contribution in [0.1, 0.15) is 23.2 Å². The largest absolute Gasteiger partial charge is 0.294 e. The predicted octanol–water partition coefficient (Wildman–Crippen LogP) is 2.87. The molecule has 0 fully saturated rings. The Balaban J connectivity index is 2.65. The van der Waals surface area contributed by atoms with Crippen LogP contribution in [0.3, 0.4) is 0 Å². The van der Waals surface area contributed by atoms with Crippen LogP contribution in [-0.2, 0) is 0 Å². The predicted molar refractivity (Wildman–Crippen MR) is 60.7 cm³/mol. The summed E-state index contributed by atoms with van der Waals surface area (Å²) in [6.45, 7) is 0.247. The topological polar surface area (TPSA) is 109 Å². The van der Waals surface area contributed by atoms with Crippen LogP contribution in [0.25, 0.3) is 10.4 Å². The highest BCUT2D eigenvalue weighted by Crippen LogP contribution is 2.15. The molecular weight excluding hydrogens is 224 g/mol. The third-order valence-corrected chi connectivity index (χ3v) is 2.10. The number of benzene rings is 1. The Bertz CT molecular complexity index is 480. The van der Waals surface area contributed by atoms with E-state index in [1.54, 1.807) is 0 Å². The minimum Gasteiger partial charge on any atom is -0.294 e. The SMILES string of the molecule is [N-]=[N+]=NCCCC(=O)c1cccc([N+](=O)[O-])c1. The smallest absolute Gasteiger partial charge is 0.270 e. The second-order valence-corrected chi connectivity index (χ2v) is 3.29. The van der Waals surface area contributed by atoms with Gasteiger partial charge in [0.2, 0.25) is 0 Å². The lowest BCUT2D eigenvalue weighted by atomic mass is 10.1. The van der Waals surface area contributed by atoms with Crippen molar-refractivity contribution in [1.82, 2.24) is 0 Å². The molecule has 1 aromatic carbocycles. The molecule has 0 bridgehead atoms. The first-order valence-corrected chi connectivity index (χ1v) is 4.93. The Morgan fingerprint density at radius 3 is 2.94 bits per heavy atom. The molecule has 0 saturated carbocycles. The van der Waals surface area contributed by atoms with E-state index in [4.69, 9.17) is 5.53 Å². The number of azide groups is 1. The van der Waals surface area contributed by atoms with Gasteiger partial charge in [-0.25, -0.2) is 0 Å². The average molecular weight is 234 g/mol. The van der Waals surface area contributed by atoms with Crippen LogP contribution in [0, 0.1) is 10.1 Å². The third-order valence-electron chi connectivity index (χ3n) is 2.10. The Hall–Kier alpha value is -2.40. The Kier molecular flexibility index (Phi) is 4.65. The number of nitro groups is 1. The molecule has 88 valence electrons. The van der Waals surface area contributed by atoms with Gasteiger partial charge in [-0.1, -0.05) is 17.2 Å². The Labute approximate surface area is 96.8 Å². The minimum atomic E-state index is -0.545. The molecule has 0 unspecified atom stereocenters. The van der Waals surface area contributed by atoms with Crippen molar-refractivity contribution in [2.24, 2.45) is 5.11 Å². The second kappa shape index (κ2) is 6.24. The lowest BCUT2D eigenvalue weighted by molar-refractivity contribution is -0.384. The first-order valence-electron chi connectivity index (χ1n) is 4.93. The van der Waals surface area contributed by atoms with Crippen molar-refractivity contribution >= 4 is 11.5 Å². The van der Waals surface area contributed by atoms with Gasteiger partial charge in [-0.05, 0) is 12.0 Å². The summed E-state index contributed by atoms with van der Waals surface area (Å²) in [5, 5.41) is 13.8. The van der Waals surface area contributed by atoms with E-state index in [1.807, 2.05) is 0 Å².